The summed E-state index contributed by atoms with van der Waals surface area (Å²) in [6, 6.07) is 1.53. The van der Waals surface area contributed by atoms with Crippen molar-refractivity contribution < 1.29 is 13.2 Å². The second-order valence-electron chi connectivity index (χ2n) is 7.30. The number of nitrogens with one attached hydrogen (secondary N) is 1. The summed E-state index contributed by atoms with van der Waals surface area (Å²) in [5, 5.41) is 12.1. The molecule has 0 saturated heterocycles. The van der Waals surface area contributed by atoms with Crippen molar-refractivity contribution in [3.8, 4) is 11.5 Å². The Kier molecular flexibility index (Phi) is 6.92. The van der Waals surface area contributed by atoms with Crippen LogP contribution in [0.25, 0.3) is 11.5 Å². The van der Waals surface area contributed by atoms with Crippen LogP contribution in [0.2, 0.25) is 5.02 Å². The first-order chi connectivity index (χ1) is 14.6. The lowest BCUT2D eigenvalue weighted by atomic mass is 10.1. The molecule has 3 unspecified atom stereocenters. The molecule has 0 radical (unpaired) electrons. The summed E-state index contributed by atoms with van der Waals surface area (Å²) in [7, 11) is -0.502. The van der Waals surface area contributed by atoms with Crippen molar-refractivity contribution in [2.24, 2.45) is 7.05 Å². The molecule has 3 aromatic rings. The molecule has 0 spiro atoms. The van der Waals surface area contributed by atoms with E-state index < -0.39 is 21.2 Å². The average Bonchev–Trinajstić information content (AvgIpc) is 3.33. The normalized spacial score (nSPS) is 14.9. The van der Waals surface area contributed by atoms with Crippen molar-refractivity contribution in [1.29, 1.82) is 0 Å². The van der Waals surface area contributed by atoms with E-state index in [0.717, 1.165) is 0 Å². The predicted octanol–water partition coefficient (Wildman–Crippen LogP) is 2.26. The summed E-state index contributed by atoms with van der Waals surface area (Å²) in [6.45, 7) is 5.54. The van der Waals surface area contributed by atoms with Gasteiger partial charge in [0.05, 0.1) is 22.9 Å². The van der Waals surface area contributed by atoms with Crippen molar-refractivity contribution >= 4 is 27.6 Å². The molecule has 3 aromatic heterocycles. The summed E-state index contributed by atoms with van der Waals surface area (Å²) < 4.78 is 37.4. The maximum Gasteiger partial charge on any atom is 0.238 e. The predicted molar refractivity (Wildman–Crippen MR) is 116 cm³/mol. The van der Waals surface area contributed by atoms with Gasteiger partial charge in [0.1, 0.15) is 11.5 Å². The van der Waals surface area contributed by atoms with Gasteiger partial charge in [-0.2, -0.15) is 5.10 Å². The minimum Gasteiger partial charge on any atom is -0.383 e. The fourth-order valence-corrected chi connectivity index (χ4v) is 4.40. The summed E-state index contributed by atoms with van der Waals surface area (Å²) in [6.07, 6.45) is 4.65. The molecule has 11 nitrogen and oxygen atoms in total. The van der Waals surface area contributed by atoms with E-state index in [4.69, 9.17) is 16.3 Å². The first-order valence-corrected chi connectivity index (χ1v) is 11.5. The zero-order valence-corrected chi connectivity index (χ0v) is 19.5. The standard InChI is InChI=1S/C18H25ClN8O3S/c1-11(10-30-5)27-17(15-6-7-26(4)24-15)22-23-18(27)25-31(28,29)13(3)12(2)16-20-8-14(19)9-21-16/h6-9,11-13H,10H2,1-5H3,(H,23,25). The number of halogens is 1. The largest absolute Gasteiger partial charge is 0.383 e. The van der Waals surface area contributed by atoms with Crippen LogP contribution < -0.4 is 4.72 Å². The Bertz CT molecular complexity index is 1130. The second kappa shape index (κ2) is 9.28. The van der Waals surface area contributed by atoms with Crippen molar-refractivity contribution in [1.82, 2.24) is 34.5 Å². The molecule has 0 amide bonds. The van der Waals surface area contributed by atoms with Crippen LogP contribution in [-0.2, 0) is 21.8 Å². The molecule has 0 bridgehead atoms. The number of aromatic nitrogens is 7. The number of anilines is 1. The number of ether oxygens (including phenoxy) is 1. The van der Waals surface area contributed by atoms with Crippen LogP contribution in [-0.4, -0.2) is 61.9 Å². The summed E-state index contributed by atoms with van der Waals surface area (Å²) in [5.41, 5.74) is 0.569. The minimum atomic E-state index is -3.86. The monoisotopic (exact) mass is 468 g/mol. The molecule has 3 rings (SSSR count). The number of hydrogen-bond donors (Lipinski definition) is 1. The molecule has 1 N–H and O–H groups in total. The van der Waals surface area contributed by atoms with Crippen molar-refractivity contribution in [3.63, 3.8) is 0 Å². The Morgan fingerprint density at radius 2 is 1.87 bits per heavy atom. The van der Waals surface area contributed by atoms with Gasteiger partial charge in [-0.05, 0) is 19.9 Å². The summed E-state index contributed by atoms with van der Waals surface area (Å²) in [4.78, 5) is 8.28. The summed E-state index contributed by atoms with van der Waals surface area (Å²) >= 11 is 5.83. The van der Waals surface area contributed by atoms with Crippen molar-refractivity contribution in [2.75, 3.05) is 18.4 Å². The van der Waals surface area contributed by atoms with Crippen LogP contribution in [0.4, 0.5) is 5.95 Å². The van der Waals surface area contributed by atoms with Gasteiger partial charge in [0, 0.05) is 38.7 Å². The van der Waals surface area contributed by atoms with Gasteiger partial charge in [0.15, 0.2) is 5.82 Å². The average molecular weight is 469 g/mol. The van der Waals surface area contributed by atoms with E-state index >= 15 is 0 Å². The van der Waals surface area contributed by atoms with Gasteiger partial charge in [-0.1, -0.05) is 18.5 Å². The Morgan fingerprint density at radius 1 is 1.19 bits per heavy atom. The molecule has 0 aliphatic carbocycles. The molecule has 3 heterocycles. The lowest BCUT2D eigenvalue weighted by molar-refractivity contribution is 0.163. The third-order valence-corrected chi connectivity index (χ3v) is 7.01. The second-order valence-corrected chi connectivity index (χ2v) is 9.77. The molecule has 13 heteroatoms. The maximum atomic E-state index is 13.1. The van der Waals surface area contributed by atoms with Crippen LogP contribution >= 0.6 is 11.6 Å². The van der Waals surface area contributed by atoms with Gasteiger partial charge >= 0.3 is 0 Å². The Labute approximate surface area is 185 Å². The molecule has 0 saturated carbocycles. The van der Waals surface area contributed by atoms with E-state index in [0.29, 0.717) is 29.0 Å². The molecule has 0 fully saturated rings. The van der Waals surface area contributed by atoms with Gasteiger partial charge < -0.3 is 4.74 Å². The van der Waals surface area contributed by atoms with Gasteiger partial charge in [-0.25, -0.2) is 18.4 Å². The van der Waals surface area contributed by atoms with Crippen molar-refractivity contribution in [3.05, 3.63) is 35.5 Å². The molecule has 0 aliphatic rings. The SMILES string of the molecule is COCC(C)n1c(NS(=O)(=O)C(C)C(C)c2ncc(Cl)cn2)nnc1-c1ccn(C)n1. The quantitative estimate of drug-likeness (QED) is 0.506. The Morgan fingerprint density at radius 3 is 2.45 bits per heavy atom. The zero-order chi connectivity index (χ0) is 22.8. The number of aryl methyl sites for hydroxylation is 1. The third-order valence-electron chi connectivity index (χ3n) is 4.96. The first kappa shape index (κ1) is 23.1. The van der Waals surface area contributed by atoms with E-state index in [-0.39, 0.29) is 12.0 Å². The summed E-state index contributed by atoms with van der Waals surface area (Å²) in [5.74, 6) is 0.411. The highest BCUT2D eigenvalue weighted by molar-refractivity contribution is 7.93. The highest BCUT2D eigenvalue weighted by Crippen LogP contribution is 2.27. The molecule has 168 valence electrons. The maximum absolute atomic E-state index is 13.1. The highest BCUT2D eigenvalue weighted by Gasteiger charge is 2.32. The van der Waals surface area contributed by atoms with E-state index in [1.807, 2.05) is 6.92 Å². The van der Waals surface area contributed by atoms with Crippen LogP contribution in [0.1, 0.15) is 38.6 Å². The van der Waals surface area contributed by atoms with Gasteiger partial charge in [-0.3, -0.25) is 14.0 Å². The van der Waals surface area contributed by atoms with Crippen molar-refractivity contribution in [2.45, 2.75) is 38.0 Å². The van der Waals surface area contributed by atoms with E-state index in [2.05, 4.69) is 30.0 Å². The van der Waals surface area contributed by atoms with Crippen LogP contribution in [0.15, 0.2) is 24.7 Å². The molecule has 0 aromatic carbocycles. The highest BCUT2D eigenvalue weighted by atomic mass is 35.5. The fourth-order valence-electron chi connectivity index (χ4n) is 3.06. The molecule has 0 aliphatic heterocycles. The van der Waals surface area contributed by atoms with E-state index in [1.54, 1.807) is 49.5 Å². The Balaban J connectivity index is 1.93. The molecule has 3 atom stereocenters. The Hall–Kier alpha value is -2.57. The topological polar surface area (TPSA) is 130 Å². The van der Waals surface area contributed by atoms with Gasteiger partial charge in [0.2, 0.25) is 16.0 Å². The van der Waals surface area contributed by atoms with E-state index in [1.165, 1.54) is 12.4 Å². The lowest BCUT2D eigenvalue weighted by Crippen LogP contribution is -2.32. The minimum absolute atomic E-state index is 0.0845. The van der Waals surface area contributed by atoms with E-state index in [9.17, 15) is 8.42 Å². The number of sulfonamides is 1. The van der Waals surface area contributed by atoms with Gasteiger partial charge in [-0.15, -0.1) is 10.2 Å². The number of rotatable bonds is 9. The smallest absolute Gasteiger partial charge is 0.238 e. The lowest BCUT2D eigenvalue weighted by Gasteiger charge is -2.21. The molecular weight excluding hydrogens is 444 g/mol. The third kappa shape index (κ3) is 5.02. The molecular formula is C18H25ClN8O3S. The fraction of sp³-hybridized carbons (Fsp3) is 0.500. The van der Waals surface area contributed by atoms with Crippen LogP contribution in [0, 0.1) is 0 Å². The number of hydrogen-bond acceptors (Lipinski definition) is 8. The zero-order valence-electron chi connectivity index (χ0n) is 17.9. The first-order valence-electron chi connectivity index (χ1n) is 9.57. The van der Waals surface area contributed by atoms with Crippen LogP contribution in [0.5, 0.6) is 0 Å². The number of methoxy groups -OCH3 is 1. The van der Waals surface area contributed by atoms with Crippen LogP contribution in [0.3, 0.4) is 0 Å². The number of nitrogens with zero attached hydrogens (tertiary/aromatic N) is 7. The molecule has 31 heavy (non-hydrogen) atoms. The van der Waals surface area contributed by atoms with Gasteiger partial charge in [0.25, 0.3) is 0 Å².